The molecule has 0 atom stereocenters. The minimum atomic E-state index is 0.0978. The van der Waals surface area contributed by atoms with E-state index in [1.165, 1.54) is 16.5 Å². The maximum absolute atomic E-state index is 5.46. The molecule has 0 bridgehead atoms. The highest BCUT2D eigenvalue weighted by atomic mass is 16.5. The van der Waals surface area contributed by atoms with E-state index in [2.05, 4.69) is 49.1 Å². The maximum atomic E-state index is 5.46. The number of rotatable bonds is 4. The van der Waals surface area contributed by atoms with Crippen LogP contribution >= 0.6 is 0 Å². The summed E-state index contributed by atoms with van der Waals surface area (Å²) in [4.78, 5) is 0. The van der Waals surface area contributed by atoms with Crippen LogP contribution < -0.4 is 10.1 Å². The third-order valence-electron chi connectivity index (χ3n) is 3.53. The first-order valence-electron chi connectivity index (χ1n) is 6.28. The summed E-state index contributed by atoms with van der Waals surface area (Å²) in [7, 11) is 5.79. The van der Waals surface area contributed by atoms with E-state index in [4.69, 9.17) is 4.74 Å². The van der Waals surface area contributed by atoms with Crippen molar-refractivity contribution in [3.63, 3.8) is 0 Å². The Morgan fingerprint density at radius 2 is 2.06 bits per heavy atom. The molecule has 2 rings (SSSR count). The van der Waals surface area contributed by atoms with Gasteiger partial charge in [-0.05, 0) is 18.7 Å². The molecular formula is C15H22N2O. The largest absolute Gasteiger partial charge is 0.495 e. The van der Waals surface area contributed by atoms with Crippen LogP contribution in [-0.4, -0.2) is 25.3 Å². The molecule has 0 radical (unpaired) electrons. The summed E-state index contributed by atoms with van der Waals surface area (Å²) < 4.78 is 7.61. The molecule has 3 heteroatoms. The number of methoxy groups -OCH3 is 1. The Morgan fingerprint density at radius 1 is 1.33 bits per heavy atom. The molecule has 1 heterocycles. The minimum Gasteiger partial charge on any atom is -0.495 e. The molecule has 1 aromatic carbocycles. The molecule has 0 saturated heterocycles. The number of nitrogens with one attached hydrogen (secondary N) is 1. The van der Waals surface area contributed by atoms with Gasteiger partial charge in [-0.1, -0.05) is 26.0 Å². The van der Waals surface area contributed by atoms with Gasteiger partial charge in [0, 0.05) is 30.6 Å². The molecule has 3 nitrogen and oxygen atoms in total. The predicted octanol–water partition coefficient (Wildman–Crippen LogP) is 2.68. The fraction of sp³-hybridized carbons (Fsp3) is 0.467. The van der Waals surface area contributed by atoms with Crippen LogP contribution in [0.1, 0.15) is 19.4 Å². The number of aryl methyl sites for hydroxylation is 1. The van der Waals surface area contributed by atoms with E-state index < -0.39 is 0 Å². The zero-order valence-corrected chi connectivity index (χ0v) is 11.9. The number of benzene rings is 1. The Bertz CT molecular complexity index is 555. The van der Waals surface area contributed by atoms with E-state index in [1.807, 2.05) is 13.1 Å². The third-order valence-corrected chi connectivity index (χ3v) is 3.53. The lowest BCUT2D eigenvalue weighted by Gasteiger charge is -2.24. The zero-order valence-electron chi connectivity index (χ0n) is 11.9. The molecule has 0 saturated carbocycles. The number of hydrogen-bond acceptors (Lipinski definition) is 2. The van der Waals surface area contributed by atoms with E-state index in [9.17, 15) is 0 Å². The van der Waals surface area contributed by atoms with Gasteiger partial charge in [-0.3, -0.25) is 0 Å². The zero-order chi connectivity index (χ0) is 13.3. The monoisotopic (exact) mass is 246 g/mol. The summed E-state index contributed by atoms with van der Waals surface area (Å²) in [5.74, 6) is 0.932. The first kappa shape index (κ1) is 13.0. The molecule has 18 heavy (non-hydrogen) atoms. The molecule has 0 spiro atoms. The van der Waals surface area contributed by atoms with Gasteiger partial charge in [0.1, 0.15) is 5.75 Å². The van der Waals surface area contributed by atoms with E-state index >= 15 is 0 Å². The molecule has 98 valence electrons. The van der Waals surface area contributed by atoms with Crippen molar-refractivity contribution in [1.82, 2.24) is 9.88 Å². The Kier molecular flexibility index (Phi) is 3.35. The Morgan fingerprint density at radius 3 is 2.67 bits per heavy atom. The average Bonchev–Trinajstić information content (AvgIpc) is 2.68. The summed E-state index contributed by atoms with van der Waals surface area (Å²) in [5.41, 5.74) is 2.62. The van der Waals surface area contributed by atoms with Crippen LogP contribution in [0.15, 0.2) is 24.4 Å². The number of para-hydroxylation sites is 1. The number of ether oxygens (including phenoxy) is 1. The number of hydrogen-bond donors (Lipinski definition) is 1. The fourth-order valence-corrected chi connectivity index (χ4v) is 2.67. The molecule has 1 N–H and O–H groups in total. The predicted molar refractivity (Wildman–Crippen MR) is 76.4 cm³/mol. The van der Waals surface area contributed by atoms with Crippen LogP contribution in [0.4, 0.5) is 0 Å². The molecule has 1 aromatic heterocycles. The van der Waals surface area contributed by atoms with Crippen molar-refractivity contribution in [3.05, 3.63) is 30.0 Å². The van der Waals surface area contributed by atoms with Gasteiger partial charge in [-0.25, -0.2) is 0 Å². The molecule has 0 aliphatic heterocycles. The topological polar surface area (TPSA) is 26.2 Å². The second kappa shape index (κ2) is 4.65. The SMILES string of the molecule is CNCC(C)(C)c1cn(C)c2c(OC)cccc12. The van der Waals surface area contributed by atoms with Crippen molar-refractivity contribution in [2.24, 2.45) is 7.05 Å². The number of aromatic nitrogens is 1. The van der Waals surface area contributed by atoms with Gasteiger partial charge in [0.05, 0.1) is 12.6 Å². The summed E-state index contributed by atoms with van der Waals surface area (Å²) in [6, 6.07) is 6.24. The fourth-order valence-electron chi connectivity index (χ4n) is 2.67. The lowest BCUT2D eigenvalue weighted by molar-refractivity contribution is 0.418. The van der Waals surface area contributed by atoms with Crippen LogP contribution in [-0.2, 0) is 12.5 Å². The van der Waals surface area contributed by atoms with Gasteiger partial charge >= 0.3 is 0 Å². The quantitative estimate of drug-likeness (QED) is 0.897. The van der Waals surface area contributed by atoms with Gasteiger partial charge in [0.15, 0.2) is 0 Å². The lowest BCUT2D eigenvalue weighted by atomic mass is 9.84. The number of nitrogens with zero attached hydrogens (tertiary/aromatic N) is 1. The molecule has 0 fully saturated rings. The van der Waals surface area contributed by atoms with Crippen molar-refractivity contribution in [3.8, 4) is 5.75 Å². The van der Waals surface area contributed by atoms with Crippen molar-refractivity contribution in [1.29, 1.82) is 0 Å². The van der Waals surface area contributed by atoms with Crippen LogP contribution in [0.25, 0.3) is 10.9 Å². The van der Waals surface area contributed by atoms with Crippen LogP contribution in [0.2, 0.25) is 0 Å². The second-order valence-corrected chi connectivity index (χ2v) is 5.42. The van der Waals surface area contributed by atoms with E-state index in [0.717, 1.165) is 12.3 Å². The molecule has 2 aromatic rings. The van der Waals surface area contributed by atoms with E-state index in [0.29, 0.717) is 0 Å². The third kappa shape index (κ3) is 1.99. The molecule has 0 aliphatic carbocycles. The molecule has 0 amide bonds. The van der Waals surface area contributed by atoms with Gasteiger partial charge in [0.2, 0.25) is 0 Å². The van der Waals surface area contributed by atoms with Gasteiger partial charge < -0.3 is 14.6 Å². The maximum Gasteiger partial charge on any atom is 0.143 e. The number of likely N-dealkylation sites (N-methyl/N-ethyl adjacent to an activating group) is 1. The highest BCUT2D eigenvalue weighted by molar-refractivity contribution is 5.90. The average molecular weight is 246 g/mol. The van der Waals surface area contributed by atoms with Crippen molar-refractivity contribution >= 4 is 10.9 Å². The van der Waals surface area contributed by atoms with Crippen LogP contribution in [0.3, 0.4) is 0 Å². The van der Waals surface area contributed by atoms with E-state index in [-0.39, 0.29) is 5.41 Å². The minimum absolute atomic E-state index is 0.0978. The van der Waals surface area contributed by atoms with Gasteiger partial charge in [-0.2, -0.15) is 0 Å². The molecular weight excluding hydrogens is 224 g/mol. The highest BCUT2D eigenvalue weighted by Crippen LogP contribution is 2.35. The highest BCUT2D eigenvalue weighted by Gasteiger charge is 2.24. The van der Waals surface area contributed by atoms with Crippen molar-refractivity contribution in [2.75, 3.05) is 20.7 Å². The summed E-state index contributed by atoms with van der Waals surface area (Å²) in [6.07, 6.45) is 2.21. The van der Waals surface area contributed by atoms with Gasteiger partial charge in [-0.15, -0.1) is 0 Å². The lowest BCUT2D eigenvalue weighted by Crippen LogP contribution is -2.30. The van der Waals surface area contributed by atoms with Crippen LogP contribution in [0.5, 0.6) is 5.75 Å². The van der Waals surface area contributed by atoms with E-state index in [1.54, 1.807) is 7.11 Å². The summed E-state index contributed by atoms with van der Waals surface area (Å²) in [6.45, 7) is 5.47. The Balaban J connectivity index is 2.67. The van der Waals surface area contributed by atoms with Gasteiger partial charge in [0.25, 0.3) is 0 Å². The molecule has 0 aliphatic rings. The standard InChI is InChI=1S/C15H22N2O/c1-15(2,10-16-3)12-9-17(4)14-11(12)7-6-8-13(14)18-5/h6-9,16H,10H2,1-5H3. The summed E-state index contributed by atoms with van der Waals surface area (Å²) >= 11 is 0. The number of fused-ring (bicyclic) bond motifs is 1. The van der Waals surface area contributed by atoms with Crippen molar-refractivity contribution < 1.29 is 4.74 Å². The Labute approximate surface area is 109 Å². The van der Waals surface area contributed by atoms with Crippen LogP contribution in [0, 0.1) is 0 Å². The smallest absolute Gasteiger partial charge is 0.143 e. The Hall–Kier alpha value is -1.48. The second-order valence-electron chi connectivity index (χ2n) is 5.42. The normalized spacial score (nSPS) is 12.1. The summed E-state index contributed by atoms with van der Waals surface area (Å²) in [5, 5.41) is 4.54. The first-order chi connectivity index (χ1) is 8.51. The molecule has 0 unspecified atom stereocenters. The first-order valence-corrected chi connectivity index (χ1v) is 6.28. The van der Waals surface area contributed by atoms with Crippen molar-refractivity contribution in [2.45, 2.75) is 19.3 Å².